The molecular formula is C21H30ClFN4O. The molecule has 2 saturated carbocycles. The van der Waals surface area contributed by atoms with Crippen molar-refractivity contribution in [2.75, 3.05) is 13.1 Å². The molecule has 0 aliphatic heterocycles. The van der Waals surface area contributed by atoms with Crippen LogP contribution in [0.2, 0.25) is 5.02 Å². The molecule has 1 amide bonds. The predicted molar refractivity (Wildman–Crippen MR) is 111 cm³/mol. The van der Waals surface area contributed by atoms with Crippen molar-refractivity contribution in [2.45, 2.75) is 64.0 Å². The fraction of sp³-hybridized carbons (Fsp3) is 0.619. The Morgan fingerprint density at radius 3 is 2.75 bits per heavy atom. The molecule has 2 atom stereocenters. The van der Waals surface area contributed by atoms with E-state index in [1.54, 1.807) is 6.07 Å². The molecule has 0 spiro atoms. The maximum Gasteiger partial charge on any atom is 0.223 e. The molecule has 0 heterocycles. The van der Waals surface area contributed by atoms with Gasteiger partial charge >= 0.3 is 0 Å². The maximum absolute atomic E-state index is 13.2. The average molecular weight is 409 g/mol. The number of rotatable bonds is 7. The molecule has 2 unspecified atom stereocenters. The first-order valence-electron chi connectivity index (χ1n) is 10.3. The highest BCUT2D eigenvalue weighted by molar-refractivity contribution is 6.31. The highest BCUT2D eigenvalue weighted by Gasteiger charge is 2.31. The first-order valence-corrected chi connectivity index (χ1v) is 10.7. The molecule has 2 fully saturated rings. The zero-order valence-electron chi connectivity index (χ0n) is 16.4. The van der Waals surface area contributed by atoms with Crippen molar-refractivity contribution in [1.29, 1.82) is 0 Å². The van der Waals surface area contributed by atoms with Gasteiger partial charge < -0.3 is 16.0 Å². The largest absolute Gasteiger partial charge is 0.357 e. The summed E-state index contributed by atoms with van der Waals surface area (Å²) in [6, 6.07) is 5.12. The van der Waals surface area contributed by atoms with Crippen LogP contribution in [0.4, 0.5) is 4.39 Å². The number of carbonyl (C=O) groups is 1. The van der Waals surface area contributed by atoms with Crippen molar-refractivity contribution in [3.8, 4) is 0 Å². The Labute approximate surface area is 171 Å². The van der Waals surface area contributed by atoms with Crippen LogP contribution in [0.3, 0.4) is 0 Å². The molecule has 1 aromatic carbocycles. The maximum atomic E-state index is 13.2. The van der Waals surface area contributed by atoms with Crippen LogP contribution in [0, 0.1) is 11.7 Å². The number of hydrogen-bond donors (Lipinski definition) is 3. The Kier molecular flexibility index (Phi) is 7.54. The lowest BCUT2D eigenvalue weighted by Crippen LogP contribution is -2.47. The van der Waals surface area contributed by atoms with Gasteiger partial charge in [-0.1, -0.05) is 24.1 Å². The fourth-order valence-electron chi connectivity index (χ4n) is 3.63. The quantitative estimate of drug-likeness (QED) is 0.478. The van der Waals surface area contributed by atoms with E-state index in [0.717, 1.165) is 56.6 Å². The molecule has 154 valence electrons. The molecule has 3 rings (SSSR count). The van der Waals surface area contributed by atoms with Crippen LogP contribution >= 0.6 is 11.6 Å². The van der Waals surface area contributed by atoms with E-state index < -0.39 is 0 Å². The van der Waals surface area contributed by atoms with E-state index in [0.29, 0.717) is 24.0 Å². The lowest BCUT2D eigenvalue weighted by atomic mass is 9.85. The Bertz CT molecular complexity index is 708. The van der Waals surface area contributed by atoms with Gasteiger partial charge in [0.15, 0.2) is 5.96 Å². The van der Waals surface area contributed by atoms with Gasteiger partial charge in [-0.2, -0.15) is 0 Å². The third kappa shape index (κ3) is 6.36. The summed E-state index contributed by atoms with van der Waals surface area (Å²) in [6.45, 7) is 3.35. The lowest BCUT2D eigenvalue weighted by Gasteiger charge is -2.30. The van der Waals surface area contributed by atoms with Gasteiger partial charge in [0, 0.05) is 36.1 Å². The molecule has 2 aliphatic carbocycles. The molecule has 1 aromatic rings. The average Bonchev–Trinajstić information content (AvgIpc) is 3.48. The topological polar surface area (TPSA) is 65.5 Å². The monoisotopic (exact) mass is 408 g/mol. The number of aliphatic imine (C=N–C) groups is 1. The van der Waals surface area contributed by atoms with Gasteiger partial charge in [0.05, 0.1) is 0 Å². The third-order valence-electron chi connectivity index (χ3n) is 5.32. The first-order chi connectivity index (χ1) is 13.5. The second-order valence-corrected chi connectivity index (χ2v) is 8.14. The molecule has 0 saturated heterocycles. The van der Waals surface area contributed by atoms with E-state index in [1.807, 2.05) is 6.92 Å². The molecule has 2 aliphatic rings. The standard InChI is InChI=1S/C21H30ClFN4O/c1-2-24-21(25-11-10-14-6-7-16(23)13-19(14)22)27-18-5-3-4-15(12-18)20(28)26-17-8-9-17/h6-7,13,15,17-18H,2-5,8-12H2,1H3,(H,26,28)(H2,24,25,27). The van der Waals surface area contributed by atoms with E-state index in [9.17, 15) is 9.18 Å². The highest BCUT2D eigenvalue weighted by Crippen LogP contribution is 2.26. The molecule has 28 heavy (non-hydrogen) atoms. The fourth-order valence-corrected chi connectivity index (χ4v) is 3.89. The van der Waals surface area contributed by atoms with Crippen LogP contribution in [-0.2, 0) is 11.2 Å². The van der Waals surface area contributed by atoms with Crippen LogP contribution < -0.4 is 16.0 Å². The van der Waals surface area contributed by atoms with Gasteiger partial charge in [-0.25, -0.2) is 4.39 Å². The second-order valence-electron chi connectivity index (χ2n) is 7.73. The van der Waals surface area contributed by atoms with E-state index in [4.69, 9.17) is 11.6 Å². The molecule has 0 aromatic heterocycles. The highest BCUT2D eigenvalue weighted by atomic mass is 35.5. The van der Waals surface area contributed by atoms with Crippen molar-refractivity contribution >= 4 is 23.5 Å². The second kappa shape index (κ2) is 10.1. The minimum absolute atomic E-state index is 0.0905. The zero-order valence-corrected chi connectivity index (χ0v) is 17.2. The number of guanidine groups is 1. The Balaban J connectivity index is 1.52. The van der Waals surface area contributed by atoms with E-state index in [-0.39, 0.29) is 23.7 Å². The summed E-state index contributed by atoms with van der Waals surface area (Å²) in [4.78, 5) is 17.0. The van der Waals surface area contributed by atoms with Gasteiger partial charge in [0.2, 0.25) is 5.91 Å². The number of benzene rings is 1. The van der Waals surface area contributed by atoms with Gasteiger partial charge in [0.1, 0.15) is 5.82 Å². The van der Waals surface area contributed by atoms with Gasteiger partial charge in [-0.05, 0) is 63.1 Å². The number of amides is 1. The van der Waals surface area contributed by atoms with E-state index in [1.165, 1.54) is 12.1 Å². The zero-order chi connectivity index (χ0) is 19.9. The number of carbonyl (C=O) groups excluding carboxylic acids is 1. The summed E-state index contributed by atoms with van der Waals surface area (Å²) >= 11 is 6.09. The first kappa shape index (κ1) is 20.9. The molecule has 0 radical (unpaired) electrons. The number of nitrogens with one attached hydrogen (secondary N) is 3. The van der Waals surface area contributed by atoms with Gasteiger partial charge in [-0.15, -0.1) is 0 Å². The summed E-state index contributed by atoms with van der Waals surface area (Å²) in [5.74, 6) is 0.730. The summed E-state index contributed by atoms with van der Waals surface area (Å²) in [7, 11) is 0. The summed E-state index contributed by atoms with van der Waals surface area (Å²) < 4.78 is 13.2. The molecule has 5 nitrogen and oxygen atoms in total. The van der Waals surface area contributed by atoms with E-state index in [2.05, 4.69) is 20.9 Å². The van der Waals surface area contributed by atoms with Crippen molar-refractivity contribution in [2.24, 2.45) is 10.9 Å². The normalized spacial score (nSPS) is 22.6. The minimum Gasteiger partial charge on any atom is -0.357 e. The SMILES string of the molecule is CCNC(=NCCc1ccc(F)cc1Cl)NC1CCCC(C(=O)NC2CC2)C1. The van der Waals surface area contributed by atoms with Crippen LogP contribution in [0.15, 0.2) is 23.2 Å². The van der Waals surface area contributed by atoms with Crippen molar-refractivity contribution in [1.82, 2.24) is 16.0 Å². The third-order valence-corrected chi connectivity index (χ3v) is 5.67. The number of halogens is 2. The summed E-state index contributed by atoms with van der Waals surface area (Å²) in [5, 5.41) is 10.3. The van der Waals surface area contributed by atoms with Gasteiger partial charge in [0.25, 0.3) is 0 Å². The number of hydrogen-bond acceptors (Lipinski definition) is 2. The van der Waals surface area contributed by atoms with Crippen LogP contribution in [0.1, 0.15) is 51.0 Å². The molecule has 0 bridgehead atoms. The van der Waals surface area contributed by atoms with Crippen molar-refractivity contribution in [3.63, 3.8) is 0 Å². The van der Waals surface area contributed by atoms with Crippen molar-refractivity contribution < 1.29 is 9.18 Å². The predicted octanol–water partition coefficient (Wildman–Crippen LogP) is 3.41. The Morgan fingerprint density at radius 2 is 2.04 bits per heavy atom. The lowest BCUT2D eigenvalue weighted by molar-refractivity contribution is -0.126. The molecule has 7 heteroatoms. The Morgan fingerprint density at radius 1 is 1.21 bits per heavy atom. The number of nitrogens with zero attached hydrogens (tertiary/aromatic N) is 1. The summed E-state index contributed by atoms with van der Waals surface area (Å²) in [5.41, 5.74) is 0.886. The van der Waals surface area contributed by atoms with Crippen LogP contribution in [-0.4, -0.2) is 37.0 Å². The molecule has 3 N–H and O–H groups in total. The van der Waals surface area contributed by atoms with Crippen LogP contribution in [0.25, 0.3) is 0 Å². The molecular weight excluding hydrogens is 379 g/mol. The smallest absolute Gasteiger partial charge is 0.223 e. The van der Waals surface area contributed by atoms with Gasteiger partial charge in [-0.3, -0.25) is 9.79 Å². The van der Waals surface area contributed by atoms with Crippen molar-refractivity contribution in [3.05, 3.63) is 34.6 Å². The van der Waals surface area contributed by atoms with Crippen LogP contribution in [0.5, 0.6) is 0 Å². The Hall–Kier alpha value is -1.82. The minimum atomic E-state index is -0.329. The summed E-state index contributed by atoms with van der Waals surface area (Å²) in [6.07, 6.45) is 6.78. The van der Waals surface area contributed by atoms with E-state index >= 15 is 0 Å².